The molecule has 0 saturated carbocycles. The molecule has 1 aliphatic heterocycles. The highest BCUT2D eigenvalue weighted by Crippen LogP contribution is 2.19. The van der Waals surface area contributed by atoms with E-state index in [1.807, 2.05) is 0 Å². The van der Waals surface area contributed by atoms with Crippen molar-refractivity contribution < 1.29 is 0 Å². The molecule has 0 aromatic heterocycles. The molecular weight excluding hydrogens is 172 g/mol. The number of hydrogen-bond acceptors (Lipinski definition) is 2. The summed E-state index contributed by atoms with van der Waals surface area (Å²) in [5.74, 6) is 0. The van der Waals surface area contributed by atoms with E-state index in [0.29, 0.717) is 6.04 Å². The molecule has 0 N–H and O–H groups in total. The van der Waals surface area contributed by atoms with Crippen molar-refractivity contribution in [3.8, 4) is 0 Å². The predicted octanol–water partition coefficient (Wildman–Crippen LogP) is 3.20. The van der Waals surface area contributed by atoms with E-state index in [9.17, 15) is 0 Å². The Kier molecular flexibility index (Phi) is 4.18. The van der Waals surface area contributed by atoms with Crippen molar-refractivity contribution in [3.63, 3.8) is 0 Å². The fourth-order valence-electron chi connectivity index (χ4n) is 1.74. The summed E-state index contributed by atoms with van der Waals surface area (Å²) in [4.78, 5) is 6.97. The second-order valence-corrected chi connectivity index (χ2v) is 3.91. The molecule has 0 saturated heterocycles. The zero-order valence-electron chi connectivity index (χ0n) is 9.88. The normalized spacial score (nSPS) is 19.0. The van der Waals surface area contributed by atoms with Crippen molar-refractivity contribution in [3.05, 3.63) is 11.9 Å². The highest BCUT2D eigenvalue weighted by atomic mass is 15.2. The fraction of sp³-hybridized carbons (Fsp3) is 0.750. The minimum Gasteiger partial charge on any atom is -0.365 e. The first-order valence-electron chi connectivity index (χ1n) is 5.74. The molecule has 2 nitrogen and oxygen atoms in total. The van der Waals surface area contributed by atoms with Crippen LogP contribution in [0.1, 0.15) is 47.0 Å². The van der Waals surface area contributed by atoms with Gasteiger partial charge in [-0.1, -0.05) is 20.8 Å². The van der Waals surface area contributed by atoms with Crippen LogP contribution in [0.3, 0.4) is 0 Å². The molecule has 0 amide bonds. The van der Waals surface area contributed by atoms with Gasteiger partial charge in [0, 0.05) is 23.7 Å². The van der Waals surface area contributed by atoms with Crippen molar-refractivity contribution in [1.82, 2.24) is 4.90 Å². The van der Waals surface area contributed by atoms with Crippen LogP contribution < -0.4 is 0 Å². The summed E-state index contributed by atoms with van der Waals surface area (Å²) in [5.41, 5.74) is 2.69. The summed E-state index contributed by atoms with van der Waals surface area (Å²) >= 11 is 0. The molecule has 14 heavy (non-hydrogen) atoms. The van der Waals surface area contributed by atoms with E-state index >= 15 is 0 Å². The number of nitrogens with zero attached hydrogens (tertiary/aromatic N) is 2. The summed E-state index contributed by atoms with van der Waals surface area (Å²) in [5, 5.41) is 0. The summed E-state index contributed by atoms with van der Waals surface area (Å²) in [6, 6.07) is 0.637. The number of rotatable bonds is 4. The summed E-state index contributed by atoms with van der Waals surface area (Å²) in [7, 11) is 0. The number of hydrogen-bond donors (Lipinski definition) is 0. The summed E-state index contributed by atoms with van der Waals surface area (Å²) in [6.07, 6.45) is 5.41. The van der Waals surface area contributed by atoms with Crippen LogP contribution in [0.25, 0.3) is 0 Å². The molecule has 0 bridgehead atoms. The molecule has 1 rings (SSSR count). The molecule has 0 aromatic rings. The van der Waals surface area contributed by atoms with E-state index < -0.39 is 0 Å². The lowest BCUT2D eigenvalue weighted by Crippen LogP contribution is -2.37. The SMILES string of the molecule is CCC1=CN=C(CC)CN1[C@@H](C)CC. The molecule has 0 fully saturated rings. The van der Waals surface area contributed by atoms with Gasteiger partial charge in [0.25, 0.3) is 0 Å². The molecule has 0 aliphatic carbocycles. The lowest BCUT2D eigenvalue weighted by atomic mass is 10.1. The smallest absolute Gasteiger partial charge is 0.0563 e. The maximum absolute atomic E-state index is 4.48. The average Bonchev–Trinajstić information content (AvgIpc) is 2.27. The fourth-order valence-corrected chi connectivity index (χ4v) is 1.74. The van der Waals surface area contributed by atoms with Crippen LogP contribution in [0.15, 0.2) is 16.9 Å². The van der Waals surface area contributed by atoms with Crippen molar-refractivity contribution in [1.29, 1.82) is 0 Å². The highest BCUT2D eigenvalue weighted by molar-refractivity contribution is 5.87. The van der Waals surface area contributed by atoms with Gasteiger partial charge in [0.1, 0.15) is 0 Å². The first kappa shape index (κ1) is 11.3. The van der Waals surface area contributed by atoms with E-state index in [1.54, 1.807) is 0 Å². The van der Waals surface area contributed by atoms with Gasteiger partial charge in [-0.3, -0.25) is 4.99 Å². The topological polar surface area (TPSA) is 15.6 Å². The van der Waals surface area contributed by atoms with Crippen LogP contribution in [-0.4, -0.2) is 23.2 Å². The van der Waals surface area contributed by atoms with Gasteiger partial charge >= 0.3 is 0 Å². The van der Waals surface area contributed by atoms with Crippen molar-refractivity contribution in [2.45, 2.75) is 53.0 Å². The molecule has 2 heteroatoms. The van der Waals surface area contributed by atoms with E-state index in [0.717, 1.165) is 19.4 Å². The molecule has 0 unspecified atom stereocenters. The van der Waals surface area contributed by atoms with Gasteiger partial charge in [0.05, 0.1) is 6.54 Å². The third-order valence-electron chi connectivity index (χ3n) is 3.01. The number of aliphatic imine (C=N–C) groups is 1. The maximum atomic E-state index is 4.48. The largest absolute Gasteiger partial charge is 0.365 e. The van der Waals surface area contributed by atoms with E-state index in [2.05, 4.69) is 43.8 Å². The second-order valence-electron chi connectivity index (χ2n) is 3.91. The van der Waals surface area contributed by atoms with Crippen LogP contribution in [0, 0.1) is 0 Å². The van der Waals surface area contributed by atoms with E-state index in [-0.39, 0.29) is 0 Å². The van der Waals surface area contributed by atoms with E-state index in [1.165, 1.54) is 17.8 Å². The predicted molar refractivity (Wildman–Crippen MR) is 62.6 cm³/mol. The van der Waals surface area contributed by atoms with Gasteiger partial charge in [-0.15, -0.1) is 0 Å². The Balaban J connectivity index is 2.77. The van der Waals surface area contributed by atoms with Crippen LogP contribution in [0.5, 0.6) is 0 Å². The van der Waals surface area contributed by atoms with Gasteiger partial charge in [-0.25, -0.2) is 0 Å². The van der Waals surface area contributed by atoms with E-state index in [4.69, 9.17) is 0 Å². The molecule has 0 aromatic carbocycles. The average molecular weight is 194 g/mol. The lowest BCUT2D eigenvalue weighted by molar-refractivity contribution is 0.282. The minimum absolute atomic E-state index is 0.637. The first-order valence-corrected chi connectivity index (χ1v) is 5.74. The summed E-state index contributed by atoms with van der Waals surface area (Å²) in [6.45, 7) is 9.95. The third kappa shape index (κ3) is 2.37. The molecular formula is C12H22N2. The van der Waals surface area contributed by atoms with Crippen LogP contribution >= 0.6 is 0 Å². The first-order chi connectivity index (χ1) is 6.72. The van der Waals surface area contributed by atoms with Crippen molar-refractivity contribution in [2.75, 3.05) is 6.54 Å². The van der Waals surface area contributed by atoms with Crippen molar-refractivity contribution >= 4 is 5.71 Å². The zero-order valence-corrected chi connectivity index (χ0v) is 9.88. The third-order valence-corrected chi connectivity index (χ3v) is 3.01. The van der Waals surface area contributed by atoms with Gasteiger partial charge < -0.3 is 4.90 Å². The van der Waals surface area contributed by atoms with Crippen molar-refractivity contribution in [2.24, 2.45) is 4.99 Å². The lowest BCUT2D eigenvalue weighted by Gasteiger charge is -2.34. The molecule has 1 aliphatic rings. The Morgan fingerprint density at radius 2 is 2.07 bits per heavy atom. The Hall–Kier alpha value is -0.790. The Labute approximate surface area is 87.7 Å². The highest BCUT2D eigenvalue weighted by Gasteiger charge is 2.18. The maximum Gasteiger partial charge on any atom is 0.0563 e. The molecule has 0 spiro atoms. The minimum atomic E-state index is 0.637. The Bertz CT molecular complexity index is 241. The van der Waals surface area contributed by atoms with Crippen LogP contribution in [0.2, 0.25) is 0 Å². The van der Waals surface area contributed by atoms with Crippen LogP contribution in [-0.2, 0) is 0 Å². The zero-order chi connectivity index (χ0) is 10.6. The molecule has 80 valence electrons. The monoisotopic (exact) mass is 194 g/mol. The van der Waals surface area contributed by atoms with Gasteiger partial charge in [-0.2, -0.15) is 0 Å². The van der Waals surface area contributed by atoms with Gasteiger partial charge in [0.2, 0.25) is 0 Å². The Morgan fingerprint density at radius 1 is 1.36 bits per heavy atom. The quantitative estimate of drug-likeness (QED) is 0.671. The number of allylic oxidation sites excluding steroid dienone is 1. The summed E-state index contributed by atoms with van der Waals surface area (Å²) < 4.78 is 0. The molecule has 1 atom stereocenters. The van der Waals surface area contributed by atoms with Crippen LogP contribution in [0.4, 0.5) is 0 Å². The van der Waals surface area contributed by atoms with Gasteiger partial charge in [0.15, 0.2) is 0 Å². The van der Waals surface area contributed by atoms with Gasteiger partial charge in [-0.05, 0) is 26.2 Å². The Morgan fingerprint density at radius 3 is 2.57 bits per heavy atom. The molecule has 0 radical (unpaired) electrons. The second kappa shape index (κ2) is 5.18. The standard InChI is InChI=1S/C12H22N2/c1-5-10(4)14-9-11(6-2)13-8-12(14)7-3/h8,10H,5-7,9H2,1-4H3/t10-/m0/s1. The molecule has 1 heterocycles.